The van der Waals surface area contributed by atoms with E-state index >= 15 is 0 Å². The lowest BCUT2D eigenvalue weighted by Crippen LogP contribution is -2.14. The van der Waals surface area contributed by atoms with Gasteiger partial charge >= 0.3 is 5.97 Å². The number of esters is 1. The van der Waals surface area contributed by atoms with Gasteiger partial charge in [0.15, 0.2) is 0 Å². The van der Waals surface area contributed by atoms with Crippen LogP contribution in [-0.4, -0.2) is 5.97 Å². The first-order valence-electron chi connectivity index (χ1n) is 8.09. The average molecular weight is 316 g/mol. The molecule has 0 amide bonds. The van der Waals surface area contributed by atoms with Crippen molar-refractivity contribution in [3.63, 3.8) is 0 Å². The number of benzene rings is 3. The lowest BCUT2D eigenvalue weighted by Gasteiger charge is -2.19. The Morgan fingerprint density at radius 1 is 0.833 bits per heavy atom. The van der Waals surface area contributed by atoms with Crippen LogP contribution in [-0.2, 0) is 11.2 Å². The zero-order valence-electron chi connectivity index (χ0n) is 13.7. The second-order valence-corrected chi connectivity index (χ2v) is 5.86. The van der Waals surface area contributed by atoms with E-state index in [4.69, 9.17) is 4.74 Å². The van der Waals surface area contributed by atoms with E-state index in [-0.39, 0.29) is 12.1 Å². The van der Waals surface area contributed by atoms with Crippen molar-refractivity contribution in [1.29, 1.82) is 0 Å². The van der Waals surface area contributed by atoms with Gasteiger partial charge in [0.2, 0.25) is 0 Å². The molecule has 0 aliphatic carbocycles. The van der Waals surface area contributed by atoms with Crippen molar-refractivity contribution in [2.45, 2.75) is 19.4 Å². The van der Waals surface area contributed by atoms with Crippen molar-refractivity contribution in [2.24, 2.45) is 0 Å². The van der Waals surface area contributed by atoms with Crippen LogP contribution in [0.3, 0.4) is 0 Å². The van der Waals surface area contributed by atoms with Crippen LogP contribution in [0.25, 0.3) is 0 Å². The highest BCUT2D eigenvalue weighted by Gasteiger charge is 2.18. The number of carbonyl (C=O) groups is 1. The number of aryl methyl sites for hydroxylation is 1. The van der Waals surface area contributed by atoms with E-state index in [2.05, 4.69) is 12.1 Å². The van der Waals surface area contributed by atoms with Crippen LogP contribution >= 0.6 is 0 Å². The third-order valence-electron chi connectivity index (χ3n) is 3.97. The molecular formula is C22H20O2. The van der Waals surface area contributed by atoms with E-state index in [0.717, 1.165) is 16.7 Å². The quantitative estimate of drug-likeness (QED) is 0.610. The van der Waals surface area contributed by atoms with Gasteiger partial charge < -0.3 is 4.74 Å². The minimum absolute atomic E-state index is 0.292. The largest absolute Gasteiger partial charge is 0.454 e. The number of carbonyl (C=O) groups excluding carboxylic acids is 1. The van der Waals surface area contributed by atoms with Crippen molar-refractivity contribution < 1.29 is 9.53 Å². The molecule has 3 rings (SSSR count). The summed E-state index contributed by atoms with van der Waals surface area (Å²) in [5.74, 6) is -0.292. The number of hydrogen-bond donors (Lipinski definition) is 0. The molecule has 0 aliphatic rings. The second kappa shape index (κ2) is 7.60. The molecule has 0 bridgehead atoms. The molecule has 0 heterocycles. The maximum absolute atomic E-state index is 12.5. The molecule has 0 fully saturated rings. The van der Waals surface area contributed by atoms with Gasteiger partial charge in [0.05, 0.1) is 5.56 Å². The lowest BCUT2D eigenvalue weighted by molar-refractivity contribution is 0.0297. The Kier molecular flexibility index (Phi) is 5.07. The fourth-order valence-corrected chi connectivity index (χ4v) is 2.61. The molecule has 0 aromatic heterocycles. The summed E-state index contributed by atoms with van der Waals surface area (Å²) in [6.07, 6.45) is 0.352. The summed E-state index contributed by atoms with van der Waals surface area (Å²) < 4.78 is 5.83. The molecule has 1 atom stereocenters. The monoisotopic (exact) mass is 316 g/mol. The van der Waals surface area contributed by atoms with Gasteiger partial charge in [-0.3, -0.25) is 0 Å². The number of rotatable bonds is 5. The molecule has 0 saturated carbocycles. The molecule has 0 aliphatic heterocycles. The molecule has 1 unspecified atom stereocenters. The molecule has 0 N–H and O–H groups in total. The molecule has 24 heavy (non-hydrogen) atoms. The van der Waals surface area contributed by atoms with Crippen molar-refractivity contribution in [1.82, 2.24) is 0 Å². The predicted molar refractivity (Wildman–Crippen MR) is 95.9 cm³/mol. The third kappa shape index (κ3) is 4.11. The number of hydrogen-bond acceptors (Lipinski definition) is 2. The summed E-state index contributed by atoms with van der Waals surface area (Å²) in [7, 11) is 0. The van der Waals surface area contributed by atoms with E-state index in [1.807, 2.05) is 79.7 Å². The zero-order valence-corrected chi connectivity index (χ0v) is 13.7. The van der Waals surface area contributed by atoms with Gasteiger partial charge in [-0.25, -0.2) is 4.79 Å². The maximum atomic E-state index is 12.5. The Hall–Kier alpha value is -2.87. The van der Waals surface area contributed by atoms with Crippen LogP contribution < -0.4 is 0 Å². The van der Waals surface area contributed by atoms with Crippen LogP contribution in [0, 0.1) is 6.92 Å². The predicted octanol–water partition coefficient (Wildman–Crippen LogP) is 5.14. The molecule has 0 saturated heterocycles. The van der Waals surface area contributed by atoms with Crippen molar-refractivity contribution >= 4 is 5.97 Å². The topological polar surface area (TPSA) is 26.3 Å². The van der Waals surface area contributed by atoms with Crippen LogP contribution in [0.15, 0.2) is 84.9 Å². The fraction of sp³-hybridized carbons (Fsp3) is 0.136. The first kappa shape index (κ1) is 16.0. The molecule has 2 heteroatoms. The molecule has 0 spiro atoms. The average Bonchev–Trinajstić information content (AvgIpc) is 2.63. The molecule has 0 radical (unpaired) electrons. The van der Waals surface area contributed by atoms with E-state index in [9.17, 15) is 4.79 Å². The Bertz CT molecular complexity index is 777. The zero-order chi connectivity index (χ0) is 16.8. The SMILES string of the molecule is Cc1ccc(C(=O)OC(Cc2ccccc2)c2ccccc2)cc1. The summed E-state index contributed by atoms with van der Waals surface area (Å²) in [5, 5.41) is 0. The van der Waals surface area contributed by atoms with E-state index in [1.165, 1.54) is 0 Å². The maximum Gasteiger partial charge on any atom is 0.338 e. The summed E-state index contributed by atoms with van der Waals surface area (Å²) in [4.78, 5) is 12.5. The molecular weight excluding hydrogens is 296 g/mol. The van der Waals surface area contributed by atoms with Gasteiger partial charge in [-0.05, 0) is 30.2 Å². The van der Waals surface area contributed by atoms with Gasteiger partial charge in [0, 0.05) is 6.42 Å². The minimum atomic E-state index is -0.303. The van der Waals surface area contributed by atoms with Crippen molar-refractivity contribution in [3.8, 4) is 0 Å². The Morgan fingerprint density at radius 3 is 2.04 bits per heavy atom. The van der Waals surface area contributed by atoms with E-state index in [1.54, 1.807) is 0 Å². The first-order chi connectivity index (χ1) is 11.7. The van der Waals surface area contributed by atoms with Gasteiger partial charge in [-0.1, -0.05) is 78.4 Å². The van der Waals surface area contributed by atoms with Gasteiger partial charge in [-0.15, -0.1) is 0 Å². The van der Waals surface area contributed by atoms with Gasteiger partial charge in [0.1, 0.15) is 6.10 Å². The van der Waals surface area contributed by atoms with Crippen LogP contribution in [0.2, 0.25) is 0 Å². The van der Waals surface area contributed by atoms with Gasteiger partial charge in [-0.2, -0.15) is 0 Å². The lowest BCUT2D eigenvalue weighted by atomic mass is 10.0. The highest BCUT2D eigenvalue weighted by molar-refractivity contribution is 5.89. The van der Waals surface area contributed by atoms with Crippen molar-refractivity contribution in [3.05, 3.63) is 107 Å². The van der Waals surface area contributed by atoms with Gasteiger partial charge in [0.25, 0.3) is 0 Å². The summed E-state index contributed by atoms with van der Waals surface area (Å²) >= 11 is 0. The number of ether oxygens (including phenoxy) is 1. The summed E-state index contributed by atoms with van der Waals surface area (Å²) in [6, 6.07) is 27.4. The van der Waals surface area contributed by atoms with Crippen LogP contribution in [0.1, 0.15) is 33.2 Å². The summed E-state index contributed by atoms with van der Waals surface area (Å²) in [5.41, 5.74) is 3.84. The normalized spacial score (nSPS) is 11.7. The standard InChI is InChI=1S/C22H20O2/c1-17-12-14-20(15-13-17)22(23)24-21(19-10-6-3-7-11-19)16-18-8-4-2-5-9-18/h2-15,21H,16H2,1H3. The minimum Gasteiger partial charge on any atom is -0.454 e. The van der Waals surface area contributed by atoms with E-state index in [0.29, 0.717) is 12.0 Å². The fourth-order valence-electron chi connectivity index (χ4n) is 2.61. The Labute approximate surface area is 142 Å². The van der Waals surface area contributed by atoms with Crippen LogP contribution in [0.4, 0.5) is 0 Å². The highest BCUT2D eigenvalue weighted by atomic mass is 16.5. The van der Waals surface area contributed by atoms with E-state index < -0.39 is 0 Å². The highest BCUT2D eigenvalue weighted by Crippen LogP contribution is 2.24. The third-order valence-corrected chi connectivity index (χ3v) is 3.97. The first-order valence-corrected chi connectivity index (χ1v) is 8.09. The Balaban J connectivity index is 1.82. The van der Waals surface area contributed by atoms with Crippen molar-refractivity contribution in [2.75, 3.05) is 0 Å². The molecule has 2 nitrogen and oxygen atoms in total. The van der Waals surface area contributed by atoms with Crippen LogP contribution in [0.5, 0.6) is 0 Å². The molecule has 3 aromatic carbocycles. The molecule has 120 valence electrons. The summed E-state index contributed by atoms with van der Waals surface area (Å²) in [6.45, 7) is 2.00. The molecule has 3 aromatic rings. The second-order valence-electron chi connectivity index (χ2n) is 5.86. The smallest absolute Gasteiger partial charge is 0.338 e. The Morgan fingerprint density at radius 2 is 1.42 bits per heavy atom.